The van der Waals surface area contributed by atoms with E-state index in [4.69, 9.17) is 9.84 Å². The number of ether oxygens (including phenoxy) is 1. The third-order valence-corrected chi connectivity index (χ3v) is 3.16. The van der Waals surface area contributed by atoms with Gasteiger partial charge in [-0.1, -0.05) is 12.1 Å². The molecule has 0 radical (unpaired) electrons. The van der Waals surface area contributed by atoms with Crippen LogP contribution in [-0.2, 0) is 4.79 Å². The van der Waals surface area contributed by atoms with E-state index in [1.54, 1.807) is 30.5 Å². The maximum Gasteiger partial charge on any atom is 0.341 e. The Labute approximate surface area is 124 Å². The Balaban J connectivity index is 2.01. The minimum Gasteiger partial charge on any atom is -0.480 e. The van der Waals surface area contributed by atoms with Gasteiger partial charge >= 0.3 is 12.0 Å². The van der Waals surface area contributed by atoms with E-state index < -0.39 is 18.6 Å². The first-order chi connectivity index (χ1) is 10.0. The van der Waals surface area contributed by atoms with Crippen LogP contribution in [0.2, 0.25) is 0 Å². The van der Waals surface area contributed by atoms with Crippen LogP contribution in [0.25, 0.3) is 0 Å². The van der Waals surface area contributed by atoms with Crippen LogP contribution in [0.4, 0.5) is 15.6 Å². The standard InChI is InChI=1S/C13H13N3O4S/c1-8-6-14-13(21-8)16-12(19)15-9-4-2-3-5-10(9)20-7-11(17)18/h2-6H,7H2,1H3,(H,17,18)(H2,14,15,16,19). The van der Waals surface area contributed by atoms with Crippen molar-refractivity contribution in [3.05, 3.63) is 35.3 Å². The molecule has 7 nitrogen and oxygen atoms in total. The third-order valence-electron chi connectivity index (χ3n) is 2.33. The minimum atomic E-state index is -1.09. The van der Waals surface area contributed by atoms with Crippen molar-refractivity contribution in [1.29, 1.82) is 0 Å². The van der Waals surface area contributed by atoms with Crippen molar-refractivity contribution in [2.24, 2.45) is 0 Å². The van der Waals surface area contributed by atoms with Crippen LogP contribution in [0, 0.1) is 6.92 Å². The predicted octanol–water partition coefficient (Wildman–Crippen LogP) is 2.56. The summed E-state index contributed by atoms with van der Waals surface area (Å²) in [6.07, 6.45) is 1.66. The molecule has 0 atom stereocenters. The molecule has 2 aromatic rings. The number of anilines is 2. The van der Waals surface area contributed by atoms with E-state index in [0.717, 1.165) is 4.88 Å². The molecule has 3 N–H and O–H groups in total. The summed E-state index contributed by atoms with van der Waals surface area (Å²) in [5.74, 6) is -0.808. The van der Waals surface area contributed by atoms with E-state index in [-0.39, 0.29) is 5.75 Å². The molecule has 2 amide bonds. The highest BCUT2D eigenvalue weighted by molar-refractivity contribution is 7.15. The van der Waals surface area contributed by atoms with Gasteiger partial charge in [0.2, 0.25) is 0 Å². The van der Waals surface area contributed by atoms with Crippen LogP contribution in [0.1, 0.15) is 4.88 Å². The van der Waals surface area contributed by atoms with Gasteiger partial charge in [-0.05, 0) is 19.1 Å². The number of amides is 2. The van der Waals surface area contributed by atoms with Gasteiger partial charge in [0.05, 0.1) is 5.69 Å². The number of thiazole rings is 1. The number of nitrogens with zero attached hydrogens (tertiary/aromatic N) is 1. The van der Waals surface area contributed by atoms with E-state index in [0.29, 0.717) is 10.8 Å². The molecule has 0 aliphatic heterocycles. The molecule has 0 saturated heterocycles. The number of para-hydroxylation sites is 2. The van der Waals surface area contributed by atoms with Gasteiger partial charge < -0.3 is 15.2 Å². The van der Waals surface area contributed by atoms with Crippen LogP contribution in [0.15, 0.2) is 30.5 Å². The first-order valence-electron chi connectivity index (χ1n) is 5.98. The number of aromatic nitrogens is 1. The van der Waals surface area contributed by atoms with E-state index >= 15 is 0 Å². The molecule has 21 heavy (non-hydrogen) atoms. The number of carboxylic acid groups (broad SMARTS) is 1. The number of carboxylic acids is 1. The van der Waals surface area contributed by atoms with Crippen molar-refractivity contribution in [2.75, 3.05) is 17.2 Å². The van der Waals surface area contributed by atoms with Crippen molar-refractivity contribution in [3.63, 3.8) is 0 Å². The van der Waals surface area contributed by atoms with Gasteiger partial charge in [0, 0.05) is 11.1 Å². The molecule has 1 heterocycles. The summed E-state index contributed by atoms with van der Waals surface area (Å²) in [5, 5.41) is 14.3. The van der Waals surface area contributed by atoms with E-state index in [1.165, 1.54) is 11.3 Å². The molecule has 1 aromatic heterocycles. The van der Waals surface area contributed by atoms with Gasteiger partial charge in [-0.15, -0.1) is 11.3 Å². The SMILES string of the molecule is Cc1cnc(NC(=O)Nc2ccccc2OCC(=O)O)s1. The van der Waals surface area contributed by atoms with Crippen LogP contribution in [0.5, 0.6) is 5.75 Å². The number of urea groups is 1. The van der Waals surface area contributed by atoms with Crippen molar-refractivity contribution in [1.82, 2.24) is 4.98 Å². The van der Waals surface area contributed by atoms with Gasteiger partial charge in [-0.25, -0.2) is 14.6 Å². The number of aryl methyl sites for hydroxylation is 1. The minimum absolute atomic E-state index is 0.283. The number of carbonyl (C=O) groups is 2. The lowest BCUT2D eigenvalue weighted by atomic mass is 10.3. The summed E-state index contributed by atoms with van der Waals surface area (Å²) in [5.41, 5.74) is 0.379. The molecule has 1 aromatic carbocycles. The Hall–Kier alpha value is -2.61. The fraction of sp³-hybridized carbons (Fsp3) is 0.154. The zero-order valence-electron chi connectivity index (χ0n) is 11.1. The number of hydrogen-bond acceptors (Lipinski definition) is 5. The molecule has 0 bridgehead atoms. The van der Waals surface area contributed by atoms with E-state index in [2.05, 4.69) is 15.6 Å². The molecular formula is C13H13N3O4S. The average Bonchev–Trinajstić information content (AvgIpc) is 2.83. The largest absolute Gasteiger partial charge is 0.480 e. The Bertz CT molecular complexity index is 656. The fourth-order valence-electron chi connectivity index (χ4n) is 1.50. The number of hydrogen-bond donors (Lipinski definition) is 3. The van der Waals surface area contributed by atoms with Gasteiger partial charge in [0.25, 0.3) is 0 Å². The zero-order valence-corrected chi connectivity index (χ0v) is 11.9. The summed E-state index contributed by atoms with van der Waals surface area (Å²) < 4.78 is 5.10. The topological polar surface area (TPSA) is 101 Å². The molecular weight excluding hydrogens is 294 g/mol. The first-order valence-corrected chi connectivity index (χ1v) is 6.80. The number of carbonyl (C=O) groups excluding carboxylic acids is 1. The van der Waals surface area contributed by atoms with Crippen molar-refractivity contribution in [2.45, 2.75) is 6.92 Å². The maximum absolute atomic E-state index is 11.9. The highest BCUT2D eigenvalue weighted by atomic mass is 32.1. The second-order valence-electron chi connectivity index (χ2n) is 4.03. The summed E-state index contributed by atoms with van der Waals surface area (Å²) in [6.45, 7) is 1.40. The molecule has 0 aliphatic rings. The quantitative estimate of drug-likeness (QED) is 0.788. The third kappa shape index (κ3) is 4.46. The zero-order chi connectivity index (χ0) is 15.2. The second kappa shape index (κ2) is 6.71. The molecule has 110 valence electrons. The summed E-state index contributed by atoms with van der Waals surface area (Å²) in [7, 11) is 0. The van der Waals surface area contributed by atoms with Gasteiger partial charge in [-0.2, -0.15) is 0 Å². The smallest absolute Gasteiger partial charge is 0.341 e. The second-order valence-corrected chi connectivity index (χ2v) is 5.27. The molecule has 0 fully saturated rings. The van der Waals surface area contributed by atoms with Crippen LogP contribution in [0.3, 0.4) is 0 Å². The Kier molecular flexibility index (Phi) is 4.72. The number of rotatable bonds is 5. The molecule has 0 spiro atoms. The molecule has 0 saturated carbocycles. The Morgan fingerprint density at radius 2 is 2.10 bits per heavy atom. The number of nitrogens with one attached hydrogen (secondary N) is 2. The normalized spacial score (nSPS) is 9.95. The van der Waals surface area contributed by atoms with Gasteiger partial charge in [0.15, 0.2) is 11.7 Å². The van der Waals surface area contributed by atoms with Crippen molar-refractivity contribution in [3.8, 4) is 5.75 Å². The predicted molar refractivity (Wildman–Crippen MR) is 79.1 cm³/mol. The highest BCUT2D eigenvalue weighted by Gasteiger charge is 2.10. The summed E-state index contributed by atoms with van der Waals surface area (Å²) in [4.78, 5) is 27.4. The Morgan fingerprint density at radius 1 is 1.33 bits per heavy atom. The maximum atomic E-state index is 11.9. The molecule has 2 rings (SSSR count). The highest BCUT2D eigenvalue weighted by Crippen LogP contribution is 2.24. The number of benzene rings is 1. The van der Waals surface area contributed by atoms with E-state index in [1.807, 2.05) is 6.92 Å². The average molecular weight is 307 g/mol. The number of aliphatic carboxylic acids is 1. The molecule has 8 heteroatoms. The molecule has 0 unspecified atom stereocenters. The van der Waals surface area contributed by atoms with Crippen LogP contribution >= 0.6 is 11.3 Å². The monoisotopic (exact) mass is 307 g/mol. The lowest BCUT2D eigenvalue weighted by molar-refractivity contribution is -0.139. The lowest BCUT2D eigenvalue weighted by Gasteiger charge is -2.11. The first kappa shape index (κ1) is 14.8. The van der Waals surface area contributed by atoms with Crippen molar-refractivity contribution >= 4 is 34.2 Å². The summed E-state index contributed by atoms with van der Waals surface area (Å²) >= 11 is 1.35. The van der Waals surface area contributed by atoms with Crippen LogP contribution < -0.4 is 15.4 Å². The van der Waals surface area contributed by atoms with Crippen molar-refractivity contribution < 1.29 is 19.4 Å². The van der Waals surface area contributed by atoms with Gasteiger partial charge in [-0.3, -0.25) is 5.32 Å². The fourth-order valence-corrected chi connectivity index (χ4v) is 2.16. The van der Waals surface area contributed by atoms with Gasteiger partial charge in [0.1, 0.15) is 5.75 Å². The molecule has 0 aliphatic carbocycles. The van der Waals surface area contributed by atoms with E-state index in [9.17, 15) is 9.59 Å². The lowest BCUT2D eigenvalue weighted by Crippen LogP contribution is -2.20. The van der Waals surface area contributed by atoms with Crippen LogP contribution in [-0.4, -0.2) is 28.7 Å². The summed E-state index contributed by atoms with van der Waals surface area (Å²) in [6, 6.07) is 6.10. The Morgan fingerprint density at radius 3 is 2.76 bits per heavy atom.